The van der Waals surface area contributed by atoms with E-state index < -0.39 is 0 Å². The number of fused-ring (bicyclic) bond motifs is 3. The van der Waals surface area contributed by atoms with Crippen LogP contribution in [0.15, 0.2) is 0 Å². The Balaban J connectivity index is 2.17. The second kappa shape index (κ2) is 2.73. The molecule has 0 aromatic heterocycles. The molecule has 3 unspecified atom stereocenters. The van der Waals surface area contributed by atoms with Gasteiger partial charge < -0.3 is 5.11 Å². The third kappa shape index (κ3) is 1.10. The maximum Gasteiger partial charge on any atom is 0.0701 e. The van der Waals surface area contributed by atoms with Gasteiger partial charge in [0.2, 0.25) is 0 Å². The molecule has 0 aliphatic heterocycles. The molecule has 3 aliphatic carbocycles. The molecule has 2 bridgehead atoms. The van der Waals surface area contributed by atoms with Gasteiger partial charge in [0.25, 0.3) is 0 Å². The van der Waals surface area contributed by atoms with Crippen molar-refractivity contribution in [3.8, 4) is 0 Å². The van der Waals surface area contributed by atoms with Crippen molar-refractivity contribution in [2.24, 2.45) is 17.8 Å². The van der Waals surface area contributed by atoms with Crippen molar-refractivity contribution in [1.82, 2.24) is 0 Å². The molecule has 3 saturated carbocycles. The van der Waals surface area contributed by atoms with Crippen LogP contribution in [-0.2, 0) is 0 Å². The van der Waals surface area contributed by atoms with Gasteiger partial charge in [-0.3, -0.25) is 0 Å². The highest BCUT2D eigenvalue weighted by atomic mass is 16.3. The van der Waals surface area contributed by atoms with Crippen LogP contribution >= 0.6 is 0 Å². The highest BCUT2D eigenvalue weighted by molar-refractivity contribution is 5.05. The van der Waals surface area contributed by atoms with E-state index in [1.807, 2.05) is 0 Å². The summed E-state index contributed by atoms with van der Waals surface area (Å²) in [4.78, 5) is 0. The summed E-state index contributed by atoms with van der Waals surface area (Å²) in [5, 5.41) is 10.4. The molecule has 0 saturated heterocycles. The van der Waals surface area contributed by atoms with Gasteiger partial charge in [-0.2, -0.15) is 0 Å². The second-order valence-corrected chi connectivity index (χ2v) is 4.86. The number of rotatable bonds is 1. The van der Waals surface area contributed by atoms with Crippen LogP contribution in [0, 0.1) is 24.2 Å². The second-order valence-electron chi connectivity index (χ2n) is 4.86. The largest absolute Gasteiger partial charge is 0.389 e. The number of aliphatic hydroxyl groups is 1. The first-order valence-corrected chi connectivity index (χ1v) is 5.18. The SMILES string of the molecule is CC(C)C1(O)CC2[CH]CC1CC2. The maximum absolute atomic E-state index is 10.4. The lowest BCUT2D eigenvalue weighted by molar-refractivity contribution is -0.113. The lowest BCUT2D eigenvalue weighted by Crippen LogP contribution is -2.51. The first-order chi connectivity index (χ1) is 5.63. The van der Waals surface area contributed by atoms with Gasteiger partial charge in [0.05, 0.1) is 5.60 Å². The van der Waals surface area contributed by atoms with Gasteiger partial charge in [0, 0.05) is 0 Å². The minimum atomic E-state index is -0.336. The predicted molar refractivity (Wildman–Crippen MR) is 49.5 cm³/mol. The maximum atomic E-state index is 10.4. The van der Waals surface area contributed by atoms with Gasteiger partial charge in [-0.1, -0.05) is 13.8 Å². The molecular weight excluding hydrogens is 148 g/mol. The van der Waals surface area contributed by atoms with Crippen LogP contribution < -0.4 is 0 Å². The molecule has 0 amide bonds. The first-order valence-electron chi connectivity index (χ1n) is 5.18. The Bertz CT molecular complexity index is 168. The van der Waals surface area contributed by atoms with Crippen LogP contribution in [-0.4, -0.2) is 10.7 Å². The fourth-order valence-corrected chi connectivity index (χ4v) is 2.94. The molecule has 3 aliphatic rings. The van der Waals surface area contributed by atoms with Gasteiger partial charge in [0.1, 0.15) is 0 Å². The van der Waals surface area contributed by atoms with E-state index in [1.54, 1.807) is 0 Å². The molecule has 1 N–H and O–H groups in total. The molecule has 3 fully saturated rings. The Labute approximate surface area is 75.2 Å². The standard InChI is InChI=1S/C11H19O/c1-8(2)11(12)7-9-3-5-10(11)6-4-9/h3,8-10,12H,4-7H2,1-2H3. The van der Waals surface area contributed by atoms with Crippen molar-refractivity contribution in [2.75, 3.05) is 0 Å². The average Bonchev–Trinajstić information content (AvgIpc) is 2.05. The lowest BCUT2D eigenvalue weighted by Gasteiger charge is -2.50. The van der Waals surface area contributed by atoms with Crippen LogP contribution in [0.2, 0.25) is 0 Å². The molecule has 69 valence electrons. The minimum absolute atomic E-state index is 0.336. The van der Waals surface area contributed by atoms with E-state index in [0.29, 0.717) is 17.8 Å². The van der Waals surface area contributed by atoms with Crippen LogP contribution in [0.25, 0.3) is 0 Å². The summed E-state index contributed by atoms with van der Waals surface area (Å²) in [6.45, 7) is 4.31. The van der Waals surface area contributed by atoms with Gasteiger partial charge in [0.15, 0.2) is 0 Å². The van der Waals surface area contributed by atoms with Crippen molar-refractivity contribution in [3.63, 3.8) is 0 Å². The van der Waals surface area contributed by atoms with E-state index in [-0.39, 0.29) is 5.60 Å². The summed E-state index contributed by atoms with van der Waals surface area (Å²) in [6.07, 6.45) is 7.16. The molecule has 0 aromatic carbocycles. The highest BCUT2D eigenvalue weighted by Gasteiger charge is 2.47. The van der Waals surface area contributed by atoms with E-state index in [1.165, 1.54) is 12.8 Å². The van der Waals surface area contributed by atoms with Crippen LogP contribution in [0.4, 0.5) is 0 Å². The van der Waals surface area contributed by atoms with Gasteiger partial charge in [-0.25, -0.2) is 0 Å². The normalized spacial score (nSPS) is 47.0. The van der Waals surface area contributed by atoms with Gasteiger partial charge in [-0.05, 0) is 49.9 Å². The van der Waals surface area contributed by atoms with Gasteiger partial charge in [-0.15, -0.1) is 0 Å². The lowest BCUT2D eigenvalue weighted by atomic mass is 9.59. The summed E-state index contributed by atoms with van der Waals surface area (Å²) in [7, 11) is 0. The zero-order valence-electron chi connectivity index (χ0n) is 8.09. The minimum Gasteiger partial charge on any atom is -0.389 e. The van der Waals surface area contributed by atoms with Crippen molar-refractivity contribution in [1.29, 1.82) is 0 Å². The Morgan fingerprint density at radius 3 is 2.42 bits per heavy atom. The summed E-state index contributed by atoms with van der Waals surface area (Å²) >= 11 is 0. The molecule has 3 rings (SSSR count). The Kier molecular flexibility index (Phi) is 1.95. The van der Waals surface area contributed by atoms with Crippen LogP contribution in [0.3, 0.4) is 0 Å². The van der Waals surface area contributed by atoms with Crippen molar-refractivity contribution >= 4 is 0 Å². The fourth-order valence-electron chi connectivity index (χ4n) is 2.94. The summed E-state index contributed by atoms with van der Waals surface area (Å²) in [5.74, 6) is 1.70. The van der Waals surface area contributed by atoms with Crippen molar-refractivity contribution < 1.29 is 5.11 Å². The van der Waals surface area contributed by atoms with E-state index in [4.69, 9.17) is 0 Å². The molecular formula is C11H19O. The third-order valence-electron chi connectivity index (χ3n) is 3.94. The van der Waals surface area contributed by atoms with Crippen molar-refractivity contribution in [3.05, 3.63) is 6.42 Å². The predicted octanol–water partition coefficient (Wildman–Crippen LogP) is 2.40. The van der Waals surface area contributed by atoms with Crippen molar-refractivity contribution in [2.45, 2.75) is 45.1 Å². The zero-order valence-corrected chi connectivity index (χ0v) is 8.09. The summed E-state index contributed by atoms with van der Waals surface area (Å²) in [6, 6.07) is 0. The molecule has 12 heavy (non-hydrogen) atoms. The quantitative estimate of drug-likeness (QED) is 0.636. The van der Waals surface area contributed by atoms with Crippen LogP contribution in [0.1, 0.15) is 39.5 Å². The summed E-state index contributed by atoms with van der Waals surface area (Å²) in [5.41, 5.74) is -0.336. The zero-order chi connectivity index (χ0) is 8.77. The number of hydrogen-bond donors (Lipinski definition) is 1. The molecule has 1 heteroatoms. The van der Waals surface area contributed by atoms with Gasteiger partial charge >= 0.3 is 0 Å². The number of hydrogen-bond acceptors (Lipinski definition) is 1. The Morgan fingerprint density at radius 1 is 1.42 bits per heavy atom. The Hall–Kier alpha value is -0.0400. The van der Waals surface area contributed by atoms with Crippen LogP contribution in [0.5, 0.6) is 0 Å². The average molecular weight is 167 g/mol. The van der Waals surface area contributed by atoms with E-state index in [2.05, 4.69) is 20.3 Å². The molecule has 1 nitrogen and oxygen atoms in total. The molecule has 0 aromatic rings. The third-order valence-corrected chi connectivity index (χ3v) is 3.94. The molecule has 0 heterocycles. The fraction of sp³-hybridized carbons (Fsp3) is 0.909. The topological polar surface area (TPSA) is 20.2 Å². The molecule has 1 radical (unpaired) electrons. The smallest absolute Gasteiger partial charge is 0.0701 e. The molecule has 0 spiro atoms. The highest BCUT2D eigenvalue weighted by Crippen LogP contribution is 2.49. The van der Waals surface area contributed by atoms with E-state index in [0.717, 1.165) is 12.8 Å². The van der Waals surface area contributed by atoms with E-state index in [9.17, 15) is 5.11 Å². The monoisotopic (exact) mass is 167 g/mol. The first kappa shape index (κ1) is 8.55. The summed E-state index contributed by atoms with van der Waals surface area (Å²) < 4.78 is 0. The van der Waals surface area contributed by atoms with E-state index >= 15 is 0 Å². The Morgan fingerprint density at radius 2 is 2.17 bits per heavy atom. The molecule has 3 atom stereocenters.